The highest BCUT2D eigenvalue weighted by atomic mass is 79.9. The Morgan fingerprint density at radius 2 is 1.83 bits per heavy atom. The van der Waals surface area contributed by atoms with Crippen molar-refractivity contribution in [1.29, 1.82) is 0 Å². The number of halogens is 1. The van der Waals surface area contributed by atoms with Gasteiger partial charge in [0.2, 0.25) is 0 Å². The van der Waals surface area contributed by atoms with Crippen molar-refractivity contribution in [1.82, 2.24) is 4.90 Å². The van der Waals surface area contributed by atoms with E-state index in [1.807, 2.05) is 25.7 Å². The molecule has 126 valence electrons. The normalized spacial score (nSPS) is 19.0. The Kier molecular flexibility index (Phi) is 4.59. The molecule has 1 aromatic carbocycles. The largest absolute Gasteiger partial charge is 0.444 e. The lowest BCUT2D eigenvalue weighted by Crippen LogP contribution is -2.50. The van der Waals surface area contributed by atoms with Crippen molar-refractivity contribution >= 4 is 27.7 Å². The molecule has 0 unspecified atom stereocenters. The quantitative estimate of drug-likeness (QED) is 0.762. The van der Waals surface area contributed by atoms with Crippen LogP contribution in [0.1, 0.15) is 45.1 Å². The number of amides is 1. The molecule has 1 aliphatic heterocycles. The average Bonchev–Trinajstić information content (AvgIpc) is 3.30. The third-order valence-electron chi connectivity index (χ3n) is 4.28. The fourth-order valence-corrected chi connectivity index (χ4v) is 3.37. The molecule has 0 radical (unpaired) electrons. The maximum absolute atomic E-state index is 12.2. The summed E-state index contributed by atoms with van der Waals surface area (Å²) in [6, 6.07) is 6.58. The Bertz CT molecular complexity index is 585. The van der Waals surface area contributed by atoms with Crippen LogP contribution < -0.4 is 4.90 Å². The molecule has 2 fully saturated rings. The van der Waals surface area contributed by atoms with Crippen molar-refractivity contribution in [3.05, 3.63) is 28.2 Å². The second-order valence-corrected chi connectivity index (χ2v) is 8.35. The van der Waals surface area contributed by atoms with E-state index >= 15 is 0 Å². The molecule has 2 aliphatic rings. The van der Waals surface area contributed by atoms with Crippen LogP contribution in [0.2, 0.25) is 0 Å². The first-order valence-corrected chi connectivity index (χ1v) is 9.15. The zero-order valence-corrected chi connectivity index (χ0v) is 15.7. The first kappa shape index (κ1) is 16.6. The van der Waals surface area contributed by atoms with Gasteiger partial charge in [-0.2, -0.15) is 0 Å². The summed E-state index contributed by atoms with van der Waals surface area (Å²) in [5.41, 5.74) is 2.35. The van der Waals surface area contributed by atoms with Gasteiger partial charge < -0.3 is 14.5 Å². The molecule has 0 spiro atoms. The lowest BCUT2D eigenvalue weighted by molar-refractivity contribution is 0.0240. The van der Waals surface area contributed by atoms with Crippen LogP contribution in [0.4, 0.5) is 10.5 Å². The maximum Gasteiger partial charge on any atom is 0.410 e. The number of carbonyl (C=O) groups excluding carboxylic acids is 1. The molecule has 1 amide bonds. The smallest absolute Gasteiger partial charge is 0.410 e. The third-order valence-corrected chi connectivity index (χ3v) is 4.77. The molecular formula is C18H25BrN2O2. The van der Waals surface area contributed by atoms with E-state index in [0.29, 0.717) is 5.92 Å². The summed E-state index contributed by atoms with van der Waals surface area (Å²) < 4.78 is 6.62. The minimum atomic E-state index is -0.431. The summed E-state index contributed by atoms with van der Waals surface area (Å²) in [5, 5.41) is 0. The molecule has 1 saturated carbocycles. The lowest BCUT2D eigenvalue weighted by atomic mass is 10.1. The lowest BCUT2D eigenvalue weighted by Gasteiger charge is -2.37. The number of nitrogens with zero attached hydrogens (tertiary/aromatic N) is 2. The fraction of sp³-hybridized carbons (Fsp3) is 0.611. The number of hydrogen-bond acceptors (Lipinski definition) is 3. The van der Waals surface area contributed by atoms with Crippen LogP contribution >= 0.6 is 15.9 Å². The molecule has 0 bridgehead atoms. The van der Waals surface area contributed by atoms with E-state index in [-0.39, 0.29) is 6.09 Å². The number of anilines is 1. The van der Waals surface area contributed by atoms with Crippen molar-refractivity contribution in [3.63, 3.8) is 0 Å². The van der Waals surface area contributed by atoms with Gasteiger partial charge in [0.05, 0.1) is 0 Å². The highest BCUT2D eigenvalue weighted by molar-refractivity contribution is 9.10. The van der Waals surface area contributed by atoms with Crippen molar-refractivity contribution < 1.29 is 9.53 Å². The topological polar surface area (TPSA) is 32.8 Å². The van der Waals surface area contributed by atoms with E-state index in [2.05, 4.69) is 39.0 Å². The molecule has 3 rings (SSSR count). The number of hydrogen-bond donors (Lipinski definition) is 0. The van der Waals surface area contributed by atoms with E-state index < -0.39 is 5.60 Å². The summed E-state index contributed by atoms with van der Waals surface area (Å²) in [5.74, 6) is 0.714. The Labute approximate surface area is 146 Å². The van der Waals surface area contributed by atoms with Crippen LogP contribution in [0.15, 0.2) is 22.7 Å². The van der Waals surface area contributed by atoms with Crippen LogP contribution in [0.3, 0.4) is 0 Å². The molecule has 0 atom stereocenters. The third kappa shape index (κ3) is 4.19. The van der Waals surface area contributed by atoms with Gasteiger partial charge in [-0.25, -0.2) is 4.79 Å². The molecule has 0 aromatic heterocycles. The summed E-state index contributed by atoms with van der Waals surface area (Å²) in [6.45, 7) is 8.88. The number of piperazine rings is 1. The van der Waals surface area contributed by atoms with Gasteiger partial charge in [-0.05, 0) is 63.3 Å². The molecule has 23 heavy (non-hydrogen) atoms. The number of rotatable bonds is 2. The first-order chi connectivity index (χ1) is 10.8. The highest BCUT2D eigenvalue weighted by Crippen LogP contribution is 2.45. The van der Waals surface area contributed by atoms with Gasteiger partial charge in [0.1, 0.15) is 5.60 Å². The SMILES string of the molecule is CC(C)(C)OC(=O)N1CCN(c2ccc(Br)cc2C2CC2)CC1. The van der Waals surface area contributed by atoms with Crippen LogP contribution in [-0.4, -0.2) is 42.8 Å². The molecule has 1 aliphatic carbocycles. The number of ether oxygens (including phenoxy) is 1. The van der Waals surface area contributed by atoms with Gasteiger partial charge >= 0.3 is 6.09 Å². The monoisotopic (exact) mass is 380 g/mol. The van der Waals surface area contributed by atoms with Crippen molar-refractivity contribution in [2.45, 2.75) is 45.1 Å². The van der Waals surface area contributed by atoms with E-state index in [1.54, 1.807) is 0 Å². The van der Waals surface area contributed by atoms with Gasteiger partial charge in [0, 0.05) is 36.3 Å². The van der Waals surface area contributed by atoms with E-state index in [0.717, 1.165) is 30.7 Å². The average molecular weight is 381 g/mol. The first-order valence-electron chi connectivity index (χ1n) is 8.36. The maximum atomic E-state index is 12.2. The summed E-state index contributed by atoms with van der Waals surface area (Å²) in [4.78, 5) is 16.4. The zero-order chi connectivity index (χ0) is 16.6. The van der Waals surface area contributed by atoms with Crippen LogP contribution in [0, 0.1) is 0 Å². The standard InChI is InChI=1S/C18H25BrN2O2/c1-18(2,3)23-17(22)21-10-8-20(9-11-21)16-7-6-14(19)12-15(16)13-4-5-13/h6-7,12-13H,4-5,8-11H2,1-3H3. The fourth-order valence-electron chi connectivity index (χ4n) is 2.99. The second-order valence-electron chi connectivity index (χ2n) is 7.43. The minimum Gasteiger partial charge on any atom is -0.444 e. The van der Waals surface area contributed by atoms with Gasteiger partial charge in [-0.1, -0.05) is 15.9 Å². The molecule has 4 nitrogen and oxygen atoms in total. The molecule has 1 saturated heterocycles. The van der Waals surface area contributed by atoms with Crippen LogP contribution in [-0.2, 0) is 4.74 Å². The van der Waals surface area contributed by atoms with Crippen LogP contribution in [0.25, 0.3) is 0 Å². The van der Waals surface area contributed by atoms with Gasteiger partial charge in [0.15, 0.2) is 0 Å². The Morgan fingerprint density at radius 3 is 2.39 bits per heavy atom. The Morgan fingerprint density at radius 1 is 1.17 bits per heavy atom. The van der Waals surface area contributed by atoms with Crippen molar-refractivity contribution in [2.24, 2.45) is 0 Å². The highest BCUT2D eigenvalue weighted by Gasteiger charge is 2.30. The summed E-state index contributed by atoms with van der Waals surface area (Å²) >= 11 is 3.58. The molecule has 1 aromatic rings. The van der Waals surface area contributed by atoms with Gasteiger partial charge in [-0.3, -0.25) is 0 Å². The molecule has 5 heteroatoms. The van der Waals surface area contributed by atoms with Crippen LogP contribution in [0.5, 0.6) is 0 Å². The molecular weight excluding hydrogens is 356 g/mol. The number of carbonyl (C=O) groups is 1. The molecule has 0 N–H and O–H groups in total. The number of benzene rings is 1. The predicted molar refractivity (Wildman–Crippen MR) is 96.1 cm³/mol. The Hall–Kier alpha value is -1.23. The minimum absolute atomic E-state index is 0.199. The predicted octanol–water partition coefficient (Wildman–Crippen LogP) is 4.38. The van der Waals surface area contributed by atoms with E-state index in [4.69, 9.17) is 4.74 Å². The Balaban J connectivity index is 1.64. The van der Waals surface area contributed by atoms with Gasteiger partial charge in [0.25, 0.3) is 0 Å². The summed E-state index contributed by atoms with van der Waals surface area (Å²) in [6.07, 6.45) is 2.39. The summed E-state index contributed by atoms with van der Waals surface area (Å²) in [7, 11) is 0. The second kappa shape index (κ2) is 6.34. The van der Waals surface area contributed by atoms with Gasteiger partial charge in [-0.15, -0.1) is 0 Å². The van der Waals surface area contributed by atoms with E-state index in [9.17, 15) is 4.79 Å². The zero-order valence-electron chi connectivity index (χ0n) is 14.1. The van der Waals surface area contributed by atoms with Crippen molar-refractivity contribution in [2.75, 3.05) is 31.1 Å². The van der Waals surface area contributed by atoms with Crippen molar-refractivity contribution in [3.8, 4) is 0 Å². The molecule has 1 heterocycles. The van der Waals surface area contributed by atoms with E-state index in [1.165, 1.54) is 24.1 Å².